The van der Waals surface area contributed by atoms with Gasteiger partial charge in [0.05, 0.1) is 0 Å². The van der Waals surface area contributed by atoms with Crippen molar-refractivity contribution in [3.63, 3.8) is 0 Å². The van der Waals surface area contributed by atoms with E-state index in [1.807, 2.05) is 6.92 Å². The van der Waals surface area contributed by atoms with Crippen molar-refractivity contribution in [3.8, 4) is 0 Å². The van der Waals surface area contributed by atoms with Crippen LogP contribution in [0.25, 0.3) is 0 Å². The number of primary amides is 1. The van der Waals surface area contributed by atoms with Crippen molar-refractivity contribution >= 4 is 5.91 Å². The second-order valence-corrected chi connectivity index (χ2v) is 5.20. The molecule has 0 aromatic carbocycles. The third kappa shape index (κ3) is 8.75. The first-order valence-electron chi connectivity index (χ1n) is 6.87. The van der Waals surface area contributed by atoms with Crippen molar-refractivity contribution in [2.75, 3.05) is 0 Å². The largest absolute Gasteiger partial charge is 0.369 e. The molecule has 0 radical (unpaired) electrons. The molecule has 0 heterocycles. The molecule has 0 aliphatic rings. The molecule has 2 heteroatoms. The van der Waals surface area contributed by atoms with Crippen LogP contribution in [0.3, 0.4) is 0 Å². The molecule has 2 atom stereocenters. The number of nitrogens with two attached hydrogens (primary N) is 1. The van der Waals surface area contributed by atoms with Crippen molar-refractivity contribution in [1.29, 1.82) is 0 Å². The smallest absolute Gasteiger partial charge is 0.220 e. The first kappa shape index (κ1) is 15.5. The Kier molecular flexibility index (Phi) is 9.36. The number of carbonyl (C=O) groups excluding carboxylic acids is 1. The van der Waals surface area contributed by atoms with Crippen molar-refractivity contribution in [3.05, 3.63) is 0 Å². The van der Waals surface area contributed by atoms with E-state index < -0.39 is 0 Å². The molecule has 0 fully saturated rings. The molecule has 0 unspecified atom stereocenters. The van der Waals surface area contributed by atoms with E-state index in [1.54, 1.807) is 0 Å². The Balaban J connectivity index is 3.36. The molecule has 0 bridgehead atoms. The van der Waals surface area contributed by atoms with Gasteiger partial charge in [-0.15, -0.1) is 0 Å². The fraction of sp³-hybridized carbons (Fsp3) is 0.929. The minimum atomic E-state index is -0.158. The van der Waals surface area contributed by atoms with Crippen LogP contribution in [0, 0.1) is 11.8 Å². The van der Waals surface area contributed by atoms with Gasteiger partial charge in [0.15, 0.2) is 0 Å². The normalized spacial score (nSPS) is 14.7. The Hall–Kier alpha value is -0.530. The van der Waals surface area contributed by atoms with E-state index in [2.05, 4.69) is 13.8 Å². The highest BCUT2D eigenvalue weighted by molar-refractivity contribution is 5.76. The highest BCUT2D eigenvalue weighted by Gasteiger charge is 2.12. The van der Waals surface area contributed by atoms with Crippen molar-refractivity contribution < 1.29 is 4.79 Å². The van der Waals surface area contributed by atoms with Gasteiger partial charge in [0, 0.05) is 5.92 Å². The van der Waals surface area contributed by atoms with Crippen molar-refractivity contribution in [1.82, 2.24) is 0 Å². The summed E-state index contributed by atoms with van der Waals surface area (Å²) in [4.78, 5) is 10.9. The molecule has 2 nitrogen and oxygen atoms in total. The lowest BCUT2D eigenvalue weighted by Crippen LogP contribution is -2.22. The molecule has 96 valence electrons. The topological polar surface area (TPSA) is 43.1 Å². The van der Waals surface area contributed by atoms with E-state index in [4.69, 9.17) is 5.73 Å². The van der Waals surface area contributed by atoms with E-state index in [0.717, 1.165) is 6.42 Å². The van der Waals surface area contributed by atoms with E-state index in [0.29, 0.717) is 5.92 Å². The maximum absolute atomic E-state index is 10.9. The maximum atomic E-state index is 10.9. The molecule has 0 spiro atoms. The number of hydrogen-bond acceptors (Lipinski definition) is 1. The zero-order chi connectivity index (χ0) is 12.4. The van der Waals surface area contributed by atoms with E-state index >= 15 is 0 Å². The predicted molar refractivity (Wildman–Crippen MR) is 70.1 cm³/mol. The van der Waals surface area contributed by atoms with Crippen LogP contribution in [0.5, 0.6) is 0 Å². The molecule has 1 amide bonds. The second-order valence-electron chi connectivity index (χ2n) is 5.20. The summed E-state index contributed by atoms with van der Waals surface area (Å²) in [5.41, 5.74) is 5.26. The SMILES string of the molecule is CCCCCCCC[C@H](C)C[C@@H](C)C(N)=O. The Morgan fingerprint density at radius 1 is 1.06 bits per heavy atom. The second kappa shape index (κ2) is 9.68. The number of carbonyl (C=O) groups is 1. The molecular weight excluding hydrogens is 198 g/mol. The third-order valence-electron chi connectivity index (χ3n) is 3.29. The summed E-state index contributed by atoms with van der Waals surface area (Å²) in [6.07, 6.45) is 10.3. The van der Waals surface area contributed by atoms with E-state index in [1.165, 1.54) is 44.9 Å². The predicted octanol–water partition coefficient (Wildman–Crippen LogP) is 3.88. The van der Waals surface area contributed by atoms with E-state index in [9.17, 15) is 4.79 Å². The van der Waals surface area contributed by atoms with Crippen LogP contribution in [-0.4, -0.2) is 5.91 Å². The number of hydrogen-bond donors (Lipinski definition) is 1. The number of amides is 1. The summed E-state index contributed by atoms with van der Waals surface area (Å²) in [7, 11) is 0. The van der Waals surface area contributed by atoms with Gasteiger partial charge < -0.3 is 5.73 Å². The van der Waals surface area contributed by atoms with Crippen LogP contribution in [0.15, 0.2) is 0 Å². The number of unbranched alkanes of at least 4 members (excludes halogenated alkanes) is 5. The fourth-order valence-electron chi connectivity index (χ4n) is 2.11. The average Bonchev–Trinajstić information content (AvgIpc) is 2.23. The summed E-state index contributed by atoms with van der Waals surface area (Å²) in [5.74, 6) is 0.513. The minimum absolute atomic E-state index is 0.0371. The fourth-order valence-corrected chi connectivity index (χ4v) is 2.11. The summed E-state index contributed by atoms with van der Waals surface area (Å²) in [5, 5.41) is 0. The Morgan fingerprint density at radius 3 is 2.19 bits per heavy atom. The molecule has 16 heavy (non-hydrogen) atoms. The van der Waals surface area contributed by atoms with Gasteiger partial charge in [-0.25, -0.2) is 0 Å². The van der Waals surface area contributed by atoms with Gasteiger partial charge in [-0.1, -0.05) is 65.7 Å². The molecule has 0 aromatic heterocycles. The lowest BCUT2D eigenvalue weighted by molar-refractivity contribution is -0.121. The summed E-state index contributed by atoms with van der Waals surface area (Å²) in [6.45, 7) is 6.40. The zero-order valence-electron chi connectivity index (χ0n) is 11.3. The van der Waals surface area contributed by atoms with Crippen molar-refractivity contribution in [2.45, 2.75) is 72.1 Å². The maximum Gasteiger partial charge on any atom is 0.220 e. The van der Waals surface area contributed by atoms with Crippen LogP contribution >= 0.6 is 0 Å². The Labute approximate surface area is 101 Å². The summed E-state index contributed by atoms with van der Waals surface area (Å²) >= 11 is 0. The quantitative estimate of drug-likeness (QED) is 0.565. The standard InChI is InChI=1S/C14H29NO/c1-4-5-6-7-8-9-10-12(2)11-13(3)14(15)16/h12-13H,4-11H2,1-3H3,(H2,15,16)/t12-,13+/m0/s1. The van der Waals surface area contributed by atoms with Crippen LogP contribution in [-0.2, 0) is 4.79 Å². The highest BCUT2D eigenvalue weighted by atomic mass is 16.1. The molecular formula is C14H29NO. The zero-order valence-corrected chi connectivity index (χ0v) is 11.3. The molecule has 0 saturated carbocycles. The van der Waals surface area contributed by atoms with Gasteiger partial charge in [-0.2, -0.15) is 0 Å². The lowest BCUT2D eigenvalue weighted by atomic mass is 9.92. The molecule has 2 N–H and O–H groups in total. The molecule has 0 aromatic rings. The monoisotopic (exact) mass is 227 g/mol. The lowest BCUT2D eigenvalue weighted by Gasteiger charge is -2.14. The highest BCUT2D eigenvalue weighted by Crippen LogP contribution is 2.18. The van der Waals surface area contributed by atoms with Crippen LogP contribution in [0.4, 0.5) is 0 Å². The third-order valence-corrected chi connectivity index (χ3v) is 3.29. The summed E-state index contributed by atoms with van der Waals surface area (Å²) < 4.78 is 0. The van der Waals surface area contributed by atoms with Gasteiger partial charge in [-0.05, 0) is 12.3 Å². The number of rotatable bonds is 10. The van der Waals surface area contributed by atoms with Gasteiger partial charge in [0.25, 0.3) is 0 Å². The Morgan fingerprint density at radius 2 is 1.62 bits per heavy atom. The first-order valence-corrected chi connectivity index (χ1v) is 6.87. The summed E-state index contributed by atoms with van der Waals surface area (Å²) in [6, 6.07) is 0. The van der Waals surface area contributed by atoms with Gasteiger partial charge >= 0.3 is 0 Å². The average molecular weight is 227 g/mol. The van der Waals surface area contributed by atoms with Crippen LogP contribution in [0.1, 0.15) is 72.1 Å². The van der Waals surface area contributed by atoms with Crippen molar-refractivity contribution in [2.24, 2.45) is 17.6 Å². The van der Waals surface area contributed by atoms with Gasteiger partial charge in [0.1, 0.15) is 0 Å². The van der Waals surface area contributed by atoms with Gasteiger partial charge in [-0.3, -0.25) is 4.79 Å². The first-order chi connectivity index (χ1) is 7.57. The van der Waals surface area contributed by atoms with Crippen LogP contribution in [0.2, 0.25) is 0 Å². The Bertz CT molecular complexity index is 180. The molecule has 0 rings (SSSR count). The van der Waals surface area contributed by atoms with Crippen LogP contribution < -0.4 is 5.73 Å². The minimum Gasteiger partial charge on any atom is -0.369 e. The van der Waals surface area contributed by atoms with Gasteiger partial charge in [0.2, 0.25) is 5.91 Å². The molecule has 0 aliphatic heterocycles. The molecule has 0 saturated heterocycles. The molecule has 0 aliphatic carbocycles. The van der Waals surface area contributed by atoms with E-state index in [-0.39, 0.29) is 11.8 Å².